The highest BCUT2D eigenvalue weighted by Crippen LogP contribution is 2.23. The van der Waals surface area contributed by atoms with E-state index in [9.17, 15) is 8.78 Å². The summed E-state index contributed by atoms with van der Waals surface area (Å²) < 4.78 is 27.1. The summed E-state index contributed by atoms with van der Waals surface area (Å²) in [5.41, 5.74) is 0.769. The van der Waals surface area contributed by atoms with E-state index in [1.807, 2.05) is 6.92 Å². The predicted octanol–water partition coefficient (Wildman–Crippen LogP) is 2.17. The van der Waals surface area contributed by atoms with Gasteiger partial charge in [-0.25, -0.2) is 8.78 Å². The van der Waals surface area contributed by atoms with Gasteiger partial charge in [-0.3, -0.25) is 0 Å². The van der Waals surface area contributed by atoms with Gasteiger partial charge in [0.2, 0.25) is 0 Å². The van der Waals surface area contributed by atoms with Gasteiger partial charge >= 0.3 is 0 Å². The molecule has 96 valence electrons. The fraction of sp³-hybridized carbons (Fsp3) is 0.333. The van der Waals surface area contributed by atoms with Crippen LogP contribution in [0.25, 0.3) is 0 Å². The number of H-pyrrole nitrogens is 1. The van der Waals surface area contributed by atoms with Gasteiger partial charge in [-0.15, -0.1) is 0 Å². The molecule has 0 aliphatic carbocycles. The van der Waals surface area contributed by atoms with Gasteiger partial charge < -0.3 is 5.32 Å². The number of hydrogen-bond acceptors (Lipinski definition) is 3. The lowest BCUT2D eigenvalue weighted by Gasteiger charge is -2.17. The summed E-state index contributed by atoms with van der Waals surface area (Å²) in [7, 11) is 0. The lowest BCUT2D eigenvalue weighted by atomic mass is 10.0. The van der Waals surface area contributed by atoms with Crippen LogP contribution in [0.5, 0.6) is 0 Å². The van der Waals surface area contributed by atoms with Crippen molar-refractivity contribution in [2.75, 3.05) is 6.54 Å². The molecule has 0 radical (unpaired) electrons. The monoisotopic (exact) mass is 252 g/mol. The molecule has 0 fully saturated rings. The zero-order valence-electron chi connectivity index (χ0n) is 9.95. The first-order chi connectivity index (χ1) is 8.74. The van der Waals surface area contributed by atoms with Crippen molar-refractivity contribution in [2.45, 2.75) is 19.4 Å². The molecule has 0 amide bonds. The van der Waals surface area contributed by atoms with E-state index in [0.717, 1.165) is 12.5 Å². The lowest BCUT2D eigenvalue weighted by molar-refractivity contribution is 0.478. The average Bonchev–Trinajstić information content (AvgIpc) is 2.88. The SMILES string of the molecule is CCCNC(c1cn[nH]n1)c1cccc(F)c1F. The van der Waals surface area contributed by atoms with Crippen molar-refractivity contribution in [3.63, 3.8) is 0 Å². The molecule has 0 aliphatic heterocycles. The number of aromatic nitrogens is 3. The molecule has 4 nitrogen and oxygen atoms in total. The number of aromatic amines is 1. The summed E-state index contributed by atoms with van der Waals surface area (Å²) in [6.07, 6.45) is 2.38. The molecule has 2 rings (SSSR count). The highest BCUT2D eigenvalue weighted by Gasteiger charge is 2.21. The van der Waals surface area contributed by atoms with Crippen LogP contribution in [0.15, 0.2) is 24.4 Å². The lowest BCUT2D eigenvalue weighted by Crippen LogP contribution is -2.24. The molecule has 1 heterocycles. The van der Waals surface area contributed by atoms with Crippen LogP contribution in [-0.2, 0) is 0 Å². The second kappa shape index (κ2) is 5.68. The molecule has 0 saturated carbocycles. The van der Waals surface area contributed by atoms with Crippen molar-refractivity contribution >= 4 is 0 Å². The van der Waals surface area contributed by atoms with Crippen molar-refractivity contribution < 1.29 is 8.78 Å². The second-order valence-electron chi connectivity index (χ2n) is 3.93. The van der Waals surface area contributed by atoms with Crippen LogP contribution < -0.4 is 5.32 Å². The minimum absolute atomic E-state index is 0.234. The van der Waals surface area contributed by atoms with Gasteiger partial charge in [0.1, 0.15) is 5.69 Å². The summed E-state index contributed by atoms with van der Waals surface area (Å²) >= 11 is 0. The van der Waals surface area contributed by atoms with Gasteiger partial charge in [0.15, 0.2) is 11.6 Å². The van der Waals surface area contributed by atoms with Crippen LogP contribution in [0.4, 0.5) is 8.78 Å². The predicted molar refractivity (Wildman–Crippen MR) is 62.9 cm³/mol. The van der Waals surface area contributed by atoms with Crippen LogP contribution in [0.1, 0.15) is 30.6 Å². The van der Waals surface area contributed by atoms with Gasteiger partial charge in [-0.05, 0) is 19.0 Å². The molecule has 2 N–H and O–H groups in total. The Hall–Kier alpha value is -1.82. The van der Waals surface area contributed by atoms with Crippen molar-refractivity contribution in [3.8, 4) is 0 Å². The van der Waals surface area contributed by atoms with E-state index in [2.05, 4.69) is 20.7 Å². The van der Waals surface area contributed by atoms with Crippen molar-refractivity contribution in [1.29, 1.82) is 0 Å². The third kappa shape index (κ3) is 2.53. The normalized spacial score (nSPS) is 12.6. The van der Waals surface area contributed by atoms with E-state index in [4.69, 9.17) is 0 Å². The Bertz CT molecular complexity index is 499. The number of halogens is 2. The molecule has 0 spiro atoms. The van der Waals surface area contributed by atoms with E-state index >= 15 is 0 Å². The van der Waals surface area contributed by atoms with Gasteiger partial charge in [0.25, 0.3) is 0 Å². The Morgan fingerprint density at radius 1 is 1.39 bits per heavy atom. The van der Waals surface area contributed by atoms with Crippen LogP contribution in [0.2, 0.25) is 0 Å². The molecule has 1 aromatic carbocycles. The Balaban J connectivity index is 2.37. The van der Waals surface area contributed by atoms with Crippen molar-refractivity contribution in [3.05, 3.63) is 47.3 Å². The van der Waals surface area contributed by atoms with E-state index in [0.29, 0.717) is 12.2 Å². The van der Waals surface area contributed by atoms with Crippen LogP contribution in [-0.4, -0.2) is 22.0 Å². The highest BCUT2D eigenvalue weighted by atomic mass is 19.2. The Morgan fingerprint density at radius 2 is 2.22 bits per heavy atom. The first-order valence-corrected chi connectivity index (χ1v) is 5.77. The fourth-order valence-corrected chi connectivity index (χ4v) is 1.76. The molecule has 6 heteroatoms. The Kier molecular flexibility index (Phi) is 3.99. The Morgan fingerprint density at radius 3 is 2.89 bits per heavy atom. The number of nitrogens with zero attached hydrogens (tertiary/aromatic N) is 2. The molecule has 1 aromatic heterocycles. The molecule has 2 aromatic rings. The number of nitrogens with one attached hydrogen (secondary N) is 2. The minimum Gasteiger partial charge on any atom is -0.305 e. The second-order valence-corrected chi connectivity index (χ2v) is 3.93. The van der Waals surface area contributed by atoms with Crippen molar-refractivity contribution in [2.24, 2.45) is 0 Å². The maximum Gasteiger partial charge on any atom is 0.163 e. The molecular formula is C12H14F2N4. The van der Waals surface area contributed by atoms with E-state index in [1.54, 1.807) is 6.07 Å². The number of hydrogen-bond donors (Lipinski definition) is 2. The molecule has 0 aliphatic rings. The zero-order valence-corrected chi connectivity index (χ0v) is 9.95. The van der Waals surface area contributed by atoms with E-state index in [-0.39, 0.29) is 5.56 Å². The molecule has 0 bridgehead atoms. The topological polar surface area (TPSA) is 53.6 Å². The molecular weight excluding hydrogens is 238 g/mol. The maximum absolute atomic E-state index is 13.8. The smallest absolute Gasteiger partial charge is 0.163 e. The van der Waals surface area contributed by atoms with E-state index < -0.39 is 17.7 Å². The quantitative estimate of drug-likeness (QED) is 0.857. The van der Waals surface area contributed by atoms with Crippen LogP contribution >= 0.6 is 0 Å². The highest BCUT2D eigenvalue weighted by molar-refractivity contribution is 5.28. The van der Waals surface area contributed by atoms with Gasteiger partial charge in [0, 0.05) is 5.56 Å². The zero-order chi connectivity index (χ0) is 13.0. The number of benzene rings is 1. The summed E-state index contributed by atoms with van der Waals surface area (Å²) in [6.45, 7) is 2.67. The van der Waals surface area contributed by atoms with Crippen molar-refractivity contribution in [1.82, 2.24) is 20.7 Å². The fourth-order valence-electron chi connectivity index (χ4n) is 1.76. The molecule has 1 atom stereocenters. The summed E-state index contributed by atoms with van der Waals surface area (Å²) in [6, 6.07) is 3.62. The summed E-state index contributed by atoms with van der Waals surface area (Å²) in [4.78, 5) is 0. The molecule has 18 heavy (non-hydrogen) atoms. The number of rotatable bonds is 5. The Labute approximate surface area is 103 Å². The average molecular weight is 252 g/mol. The maximum atomic E-state index is 13.8. The van der Waals surface area contributed by atoms with Gasteiger partial charge in [-0.1, -0.05) is 19.1 Å². The largest absolute Gasteiger partial charge is 0.305 e. The van der Waals surface area contributed by atoms with Crippen LogP contribution in [0, 0.1) is 11.6 Å². The molecule has 1 unspecified atom stereocenters. The first kappa shape index (κ1) is 12.6. The summed E-state index contributed by atoms with van der Waals surface area (Å²) in [5.74, 6) is -1.71. The third-order valence-corrected chi connectivity index (χ3v) is 2.62. The van der Waals surface area contributed by atoms with Crippen LogP contribution in [0.3, 0.4) is 0 Å². The first-order valence-electron chi connectivity index (χ1n) is 5.77. The third-order valence-electron chi connectivity index (χ3n) is 2.62. The minimum atomic E-state index is -0.862. The van der Waals surface area contributed by atoms with Gasteiger partial charge in [0.05, 0.1) is 12.2 Å². The molecule has 0 saturated heterocycles. The summed E-state index contributed by atoms with van der Waals surface area (Å²) in [5, 5.41) is 13.2. The standard InChI is InChI=1S/C12H14F2N4/c1-2-6-15-12(10-7-16-18-17-10)8-4-3-5-9(13)11(8)14/h3-5,7,12,15H,2,6H2,1H3,(H,16,17,18). The van der Waals surface area contributed by atoms with E-state index in [1.165, 1.54) is 12.3 Å². The van der Waals surface area contributed by atoms with Gasteiger partial charge in [-0.2, -0.15) is 15.4 Å².